The third-order valence-corrected chi connectivity index (χ3v) is 5.99. The van der Waals surface area contributed by atoms with E-state index in [0.29, 0.717) is 13.0 Å². The van der Waals surface area contributed by atoms with E-state index in [4.69, 9.17) is 0 Å². The lowest BCUT2D eigenvalue weighted by molar-refractivity contribution is -0.122. The summed E-state index contributed by atoms with van der Waals surface area (Å²) in [5, 5.41) is 2.89. The first-order valence-electron chi connectivity index (χ1n) is 8.15. The normalized spacial score (nSPS) is 19.8. The fourth-order valence-electron chi connectivity index (χ4n) is 2.86. The van der Waals surface area contributed by atoms with Gasteiger partial charge in [-0.15, -0.1) is 0 Å². The first-order valence-corrected chi connectivity index (χ1v) is 9.97. The smallest absolute Gasteiger partial charge is 0.234 e. The van der Waals surface area contributed by atoms with E-state index in [0.717, 1.165) is 12.1 Å². The highest BCUT2D eigenvalue weighted by Gasteiger charge is 2.31. The average Bonchev–Trinajstić information content (AvgIpc) is 2.86. The van der Waals surface area contributed by atoms with Crippen LogP contribution in [0.1, 0.15) is 17.5 Å². The number of carbonyl (C=O) groups is 1. The van der Waals surface area contributed by atoms with Crippen molar-refractivity contribution in [3.8, 4) is 0 Å². The van der Waals surface area contributed by atoms with Crippen LogP contribution >= 0.6 is 0 Å². The molecule has 2 rings (SSSR count). The fourth-order valence-corrected chi connectivity index (χ4v) is 4.67. The van der Waals surface area contributed by atoms with Crippen LogP contribution in [0.25, 0.3) is 0 Å². The van der Waals surface area contributed by atoms with Crippen molar-refractivity contribution >= 4 is 15.7 Å². The van der Waals surface area contributed by atoms with Crippen molar-refractivity contribution in [3.63, 3.8) is 0 Å². The number of hydrogen-bond acceptors (Lipinski definition) is 5. The molecule has 0 radical (unpaired) electrons. The minimum atomic E-state index is -2.92. The van der Waals surface area contributed by atoms with E-state index in [1.54, 1.807) is 7.05 Å². The van der Waals surface area contributed by atoms with Gasteiger partial charge in [-0.05, 0) is 38.7 Å². The number of amides is 1. The van der Waals surface area contributed by atoms with Crippen LogP contribution in [0, 0.1) is 0 Å². The first-order chi connectivity index (χ1) is 11.2. The average molecular weight is 353 g/mol. The third kappa shape index (κ3) is 5.89. The molecule has 1 saturated heterocycles. The van der Waals surface area contributed by atoms with Gasteiger partial charge in [-0.25, -0.2) is 8.42 Å². The van der Waals surface area contributed by atoms with Gasteiger partial charge in [0, 0.05) is 19.1 Å². The summed E-state index contributed by atoms with van der Waals surface area (Å²) in [6.07, 6.45) is 0.611. The predicted octanol–water partition coefficient (Wildman–Crippen LogP) is 0.483. The lowest BCUT2D eigenvalue weighted by atomic mass is 10.1. The van der Waals surface area contributed by atoms with Crippen LogP contribution in [0.4, 0.5) is 0 Å². The van der Waals surface area contributed by atoms with Crippen molar-refractivity contribution in [1.29, 1.82) is 0 Å². The van der Waals surface area contributed by atoms with Crippen molar-refractivity contribution in [2.45, 2.75) is 25.6 Å². The van der Waals surface area contributed by atoms with Crippen LogP contribution in [0.3, 0.4) is 0 Å². The fraction of sp³-hybridized carbons (Fsp3) is 0.588. The van der Waals surface area contributed by atoms with E-state index in [1.807, 2.05) is 31.1 Å². The molecule has 1 N–H and O–H groups in total. The van der Waals surface area contributed by atoms with Crippen molar-refractivity contribution < 1.29 is 13.2 Å². The van der Waals surface area contributed by atoms with Crippen LogP contribution < -0.4 is 5.32 Å². The lowest BCUT2D eigenvalue weighted by Gasteiger charge is -2.22. The molecule has 0 spiro atoms. The number of nitrogens with zero attached hydrogens (tertiary/aromatic N) is 2. The Bertz CT molecular complexity index is 656. The number of carbonyl (C=O) groups excluding carboxylic acids is 1. The SMILES string of the molecule is CN(C)Cc1ccc(CNC(=O)CN(C)C2CCS(=O)(=O)C2)cc1. The van der Waals surface area contributed by atoms with Crippen LogP contribution in [-0.2, 0) is 27.7 Å². The highest BCUT2D eigenvalue weighted by atomic mass is 32.2. The third-order valence-electron chi connectivity index (χ3n) is 4.24. The Morgan fingerprint density at radius 2 is 1.79 bits per heavy atom. The molecule has 7 heteroatoms. The summed E-state index contributed by atoms with van der Waals surface area (Å²) in [4.78, 5) is 16.0. The van der Waals surface area contributed by atoms with Gasteiger partial charge in [0.1, 0.15) is 0 Å². The van der Waals surface area contributed by atoms with Gasteiger partial charge < -0.3 is 10.2 Å². The van der Waals surface area contributed by atoms with Crippen LogP contribution in [0.15, 0.2) is 24.3 Å². The molecule has 1 heterocycles. The summed E-state index contributed by atoms with van der Waals surface area (Å²) in [7, 11) is 2.94. The maximum absolute atomic E-state index is 12.0. The number of nitrogens with one attached hydrogen (secondary N) is 1. The highest BCUT2D eigenvalue weighted by molar-refractivity contribution is 7.91. The minimum absolute atomic E-state index is 0.0499. The van der Waals surface area contributed by atoms with Crippen LogP contribution in [0.2, 0.25) is 0 Å². The molecule has 6 nitrogen and oxygen atoms in total. The standard InChI is InChI=1S/C17H27N3O3S/c1-19(2)11-15-6-4-14(5-7-15)10-18-17(21)12-20(3)16-8-9-24(22,23)13-16/h4-7,16H,8-13H2,1-3H3,(H,18,21). The van der Waals surface area contributed by atoms with E-state index in [1.165, 1.54) is 5.56 Å². The lowest BCUT2D eigenvalue weighted by Crippen LogP contribution is -2.41. The van der Waals surface area contributed by atoms with E-state index < -0.39 is 9.84 Å². The number of benzene rings is 1. The van der Waals surface area contributed by atoms with E-state index in [-0.39, 0.29) is 30.0 Å². The van der Waals surface area contributed by atoms with Crippen molar-refractivity contribution in [2.75, 3.05) is 39.2 Å². The minimum Gasteiger partial charge on any atom is -0.351 e. The van der Waals surface area contributed by atoms with Gasteiger partial charge in [-0.2, -0.15) is 0 Å². The molecular formula is C17H27N3O3S. The van der Waals surface area contributed by atoms with Gasteiger partial charge >= 0.3 is 0 Å². The molecule has 1 aliphatic rings. The number of hydrogen-bond donors (Lipinski definition) is 1. The second kappa shape index (κ2) is 8.09. The van der Waals surface area contributed by atoms with Gasteiger partial charge in [-0.3, -0.25) is 9.69 Å². The summed E-state index contributed by atoms with van der Waals surface area (Å²) in [5.41, 5.74) is 2.29. The highest BCUT2D eigenvalue weighted by Crippen LogP contribution is 2.16. The first kappa shape index (κ1) is 18.9. The van der Waals surface area contributed by atoms with Crippen molar-refractivity contribution in [1.82, 2.24) is 15.1 Å². The topological polar surface area (TPSA) is 69.7 Å². The van der Waals surface area contributed by atoms with Crippen molar-refractivity contribution in [3.05, 3.63) is 35.4 Å². The Hall–Kier alpha value is -1.44. The van der Waals surface area contributed by atoms with Gasteiger partial charge in [0.05, 0.1) is 18.1 Å². The van der Waals surface area contributed by atoms with Gasteiger partial charge in [0.2, 0.25) is 5.91 Å². The Kier molecular flexibility index (Phi) is 6.37. The molecule has 1 aromatic carbocycles. The maximum atomic E-state index is 12.0. The molecule has 134 valence electrons. The largest absolute Gasteiger partial charge is 0.351 e. The molecule has 1 unspecified atom stereocenters. The second-order valence-electron chi connectivity index (χ2n) is 6.80. The van der Waals surface area contributed by atoms with Gasteiger partial charge in [-0.1, -0.05) is 24.3 Å². The summed E-state index contributed by atoms with van der Waals surface area (Å²) in [6.45, 7) is 1.60. The number of likely N-dealkylation sites (N-methyl/N-ethyl adjacent to an activating group) is 1. The quantitative estimate of drug-likeness (QED) is 0.772. The predicted molar refractivity (Wildman–Crippen MR) is 95.4 cm³/mol. The molecule has 0 aromatic heterocycles. The van der Waals surface area contributed by atoms with Gasteiger partial charge in [0.25, 0.3) is 0 Å². The molecule has 0 aliphatic carbocycles. The molecule has 1 aromatic rings. The monoisotopic (exact) mass is 353 g/mol. The zero-order valence-corrected chi connectivity index (χ0v) is 15.5. The molecular weight excluding hydrogens is 326 g/mol. The number of rotatable bonds is 7. The summed E-state index contributed by atoms with van der Waals surface area (Å²) in [6, 6.07) is 8.12. The zero-order chi connectivity index (χ0) is 17.7. The Morgan fingerprint density at radius 3 is 2.33 bits per heavy atom. The molecule has 1 atom stereocenters. The molecule has 0 bridgehead atoms. The summed E-state index contributed by atoms with van der Waals surface area (Å²) < 4.78 is 23.0. The summed E-state index contributed by atoms with van der Waals surface area (Å²) in [5.74, 6) is 0.298. The van der Waals surface area contributed by atoms with Crippen molar-refractivity contribution in [2.24, 2.45) is 0 Å². The Morgan fingerprint density at radius 1 is 1.17 bits per heavy atom. The molecule has 1 fully saturated rings. The zero-order valence-electron chi connectivity index (χ0n) is 14.7. The Balaban J connectivity index is 1.76. The van der Waals surface area contributed by atoms with E-state index >= 15 is 0 Å². The molecule has 1 amide bonds. The summed E-state index contributed by atoms with van der Waals surface area (Å²) >= 11 is 0. The maximum Gasteiger partial charge on any atom is 0.234 e. The van der Waals surface area contributed by atoms with Crippen LogP contribution in [0.5, 0.6) is 0 Å². The van der Waals surface area contributed by atoms with E-state index in [9.17, 15) is 13.2 Å². The van der Waals surface area contributed by atoms with Gasteiger partial charge in [0.15, 0.2) is 9.84 Å². The molecule has 0 saturated carbocycles. The van der Waals surface area contributed by atoms with Crippen LogP contribution in [-0.4, -0.2) is 69.4 Å². The number of sulfone groups is 1. The Labute approximate surface area is 144 Å². The van der Waals surface area contributed by atoms with E-state index in [2.05, 4.69) is 22.3 Å². The molecule has 24 heavy (non-hydrogen) atoms. The second-order valence-corrected chi connectivity index (χ2v) is 9.03. The molecule has 1 aliphatic heterocycles.